The van der Waals surface area contributed by atoms with Crippen LogP contribution in [0.25, 0.3) is 11.0 Å². The summed E-state index contributed by atoms with van der Waals surface area (Å²) in [5.74, 6) is 0.0769. The molecule has 0 N–H and O–H groups in total. The molecular weight excluding hydrogens is 342 g/mol. The quantitative estimate of drug-likeness (QED) is 0.791. The Morgan fingerprint density at radius 1 is 1.28 bits per heavy atom. The molecule has 1 aromatic carbocycles. The van der Waals surface area contributed by atoms with Gasteiger partial charge in [-0.1, -0.05) is 11.6 Å². The monoisotopic (exact) mass is 361 g/mol. The lowest BCUT2D eigenvalue weighted by atomic mass is 10.2. The van der Waals surface area contributed by atoms with Crippen molar-refractivity contribution >= 4 is 28.5 Å². The minimum absolute atomic E-state index is 0.198. The van der Waals surface area contributed by atoms with Crippen molar-refractivity contribution in [1.82, 2.24) is 9.80 Å². The van der Waals surface area contributed by atoms with E-state index in [0.717, 1.165) is 38.2 Å². The van der Waals surface area contributed by atoms with Crippen molar-refractivity contribution in [2.75, 3.05) is 45.9 Å². The van der Waals surface area contributed by atoms with E-state index < -0.39 is 0 Å². The molecule has 132 valence electrons. The second-order valence-electron chi connectivity index (χ2n) is 5.95. The van der Waals surface area contributed by atoms with Crippen LogP contribution < -0.4 is 0 Å². The third-order valence-electron chi connectivity index (χ3n) is 4.26. The number of nitrogens with zero attached hydrogens (tertiary/aromatic N) is 3. The molecule has 0 unspecified atom stereocenters. The zero-order chi connectivity index (χ0) is 17.6. The fourth-order valence-electron chi connectivity index (χ4n) is 2.86. The minimum atomic E-state index is -0.198. The Labute approximate surface area is 151 Å². The summed E-state index contributed by atoms with van der Waals surface area (Å²) in [4.78, 5) is 16.8. The van der Waals surface area contributed by atoms with Crippen molar-refractivity contribution in [1.29, 1.82) is 5.26 Å². The molecule has 1 amide bonds. The molecule has 0 radical (unpaired) electrons. The summed E-state index contributed by atoms with van der Waals surface area (Å²) in [5.41, 5.74) is 0.626. The molecule has 0 saturated carbocycles. The maximum Gasteiger partial charge on any atom is 0.289 e. The van der Waals surface area contributed by atoms with Crippen molar-refractivity contribution in [3.63, 3.8) is 0 Å². The highest BCUT2D eigenvalue weighted by Gasteiger charge is 2.21. The van der Waals surface area contributed by atoms with E-state index in [1.54, 1.807) is 29.2 Å². The van der Waals surface area contributed by atoms with Gasteiger partial charge in [0.25, 0.3) is 5.91 Å². The molecule has 6 nitrogen and oxygen atoms in total. The largest absolute Gasteiger partial charge is 0.451 e. The first-order chi connectivity index (χ1) is 12.2. The molecule has 1 fully saturated rings. The Kier molecular flexibility index (Phi) is 5.92. The van der Waals surface area contributed by atoms with E-state index in [4.69, 9.17) is 26.0 Å². The molecule has 7 heteroatoms. The molecule has 0 atom stereocenters. The van der Waals surface area contributed by atoms with Gasteiger partial charge in [-0.05, 0) is 24.3 Å². The summed E-state index contributed by atoms with van der Waals surface area (Å²) in [6, 6.07) is 9.06. The van der Waals surface area contributed by atoms with Gasteiger partial charge in [-0.3, -0.25) is 9.69 Å². The van der Waals surface area contributed by atoms with Crippen LogP contribution in [0.3, 0.4) is 0 Å². The van der Waals surface area contributed by atoms with Crippen LogP contribution in [0.1, 0.15) is 17.0 Å². The van der Waals surface area contributed by atoms with Gasteiger partial charge < -0.3 is 14.1 Å². The van der Waals surface area contributed by atoms with Crippen LogP contribution in [0.5, 0.6) is 0 Å². The number of benzene rings is 1. The van der Waals surface area contributed by atoms with Crippen molar-refractivity contribution in [2.45, 2.75) is 6.42 Å². The summed E-state index contributed by atoms with van der Waals surface area (Å²) in [7, 11) is 0. The third-order valence-corrected chi connectivity index (χ3v) is 4.49. The zero-order valence-corrected chi connectivity index (χ0v) is 14.7. The Hall–Kier alpha value is -2.07. The molecule has 1 saturated heterocycles. The van der Waals surface area contributed by atoms with Gasteiger partial charge in [-0.15, -0.1) is 0 Å². The Balaban J connectivity index is 1.71. The minimum Gasteiger partial charge on any atom is -0.451 e. The number of ether oxygens (including phenoxy) is 1. The topological polar surface area (TPSA) is 69.7 Å². The molecule has 0 spiro atoms. The number of rotatable bonds is 6. The molecule has 1 aromatic heterocycles. The number of halogens is 1. The lowest BCUT2D eigenvalue weighted by Crippen LogP contribution is -2.43. The standard InChI is InChI=1S/C18H20ClN3O3/c19-15-2-3-16-14(12-15)13-17(25-16)18(23)22(5-1-4-20)7-6-21-8-10-24-11-9-21/h2-3,12-13H,1,5-11H2. The number of hydrogen-bond donors (Lipinski definition) is 0. The van der Waals surface area contributed by atoms with E-state index in [1.165, 1.54) is 0 Å². The molecule has 2 heterocycles. The van der Waals surface area contributed by atoms with Gasteiger partial charge in [-0.25, -0.2) is 0 Å². The summed E-state index contributed by atoms with van der Waals surface area (Å²) >= 11 is 5.99. The second kappa shape index (κ2) is 8.34. The van der Waals surface area contributed by atoms with Crippen molar-refractivity contribution < 1.29 is 13.9 Å². The normalized spacial score (nSPS) is 15.2. The van der Waals surface area contributed by atoms with Crippen LogP contribution in [-0.2, 0) is 4.74 Å². The van der Waals surface area contributed by atoms with Crippen molar-refractivity contribution in [3.8, 4) is 6.07 Å². The summed E-state index contributed by atoms with van der Waals surface area (Å²) in [6.45, 7) is 4.86. The first kappa shape index (κ1) is 17.7. The van der Waals surface area contributed by atoms with Crippen LogP contribution in [0.4, 0.5) is 0 Å². The highest BCUT2D eigenvalue weighted by atomic mass is 35.5. The van der Waals surface area contributed by atoms with E-state index in [2.05, 4.69) is 11.0 Å². The number of fused-ring (bicyclic) bond motifs is 1. The molecule has 1 aliphatic heterocycles. The first-order valence-corrected chi connectivity index (χ1v) is 8.70. The van der Waals surface area contributed by atoms with Crippen LogP contribution >= 0.6 is 11.6 Å². The Bertz CT molecular complexity index is 777. The zero-order valence-electron chi connectivity index (χ0n) is 13.9. The van der Waals surface area contributed by atoms with Crippen molar-refractivity contribution in [2.24, 2.45) is 0 Å². The Morgan fingerprint density at radius 3 is 2.84 bits per heavy atom. The van der Waals surface area contributed by atoms with Gasteiger partial charge in [0.05, 0.1) is 25.7 Å². The number of morpholine rings is 1. The lowest BCUT2D eigenvalue weighted by molar-refractivity contribution is 0.0322. The average molecular weight is 362 g/mol. The number of carbonyl (C=O) groups excluding carboxylic acids is 1. The number of hydrogen-bond acceptors (Lipinski definition) is 5. The van der Waals surface area contributed by atoms with Gasteiger partial charge >= 0.3 is 0 Å². The maximum absolute atomic E-state index is 12.8. The lowest BCUT2D eigenvalue weighted by Gasteiger charge is -2.29. The van der Waals surface area contributed by atoms with Crippen LogP contribution in [0.15, 0.2) is 28.7 Å². The van der Waals surface area contributed by atoms with Gasteiger partial charge in [0.2, 0.25) is 0 Å². The fraction of sp³-hybridized carbons (Fsp3) is 0.444. The van der Waals surface area contributed by atoms with E-state index in [9.17, 15) is 4.79 Å². The second-order valence-corrected chi connectivity index (χ2v) is 6.38. The van der Waals surface area contributed by atoms with Crippen molar-refractivity contribution in [3.05, 3.63) is 35.0 Å². The molecular formula is C18H20ClN3O3. The van der Waals surface area contributed by atoms with E-state index in [0.29, 0.717) is 30.1 Å². The molecule has 25 heavy (non-hydrogen) atoms. The van der Waals surface area contributed by atoms with E-state index >= 15 is 0 Å². The highest BCUT2D eigenvalue weighted by molar-refractivity contribution is 6.31. The highest BCUT2D eigenvalue weighted by Crippen LogP contribution is 2.24. The van der Waals surface area contributed by atoms with Crippen LogP contribution in [0, 0.1) is 11.3 Å². The van der Waals surface area contributed by atoms with E-state index in [-0.39, 0.29) is 11.7 Å². The number of carbonyl (C=O) groups is 1. The number of furan rings is 1. The predicted octanol–water partition coefficient (Wildman–Crippen LogP) is 2.77. The first-order valence-electron chi connectivity index (χ1n) is 8.33. The van der Waals surface area contributed by atoms with Gasteiger partial charge in [0, 0.05) is 43.1 Å². The molecule has 1 aliphatic rings. The average Bonchev–Trinajstić information content (AvgIpc) is 3.05. The molecule has 3 rings (SSSR count). The molecule has 0 bridgehead atoms. The predicted molar refractivity (Wildman–Crippen MR) is 94.6 cm³/mol. The SMILES string of the molecule is N#CCCN(CCN1CCOCC1)C(=O)c1cc2cc(Cl)ccc2o1. The van der Waals surface area contributed by atoms with E-state index in [1.807, 2.05) is 0 Å². The van der Waals surface area contributed by atoms with Crippen LogP contribution in [0.2, 0.25) is 5.02 Å². The molecule has 2 aromatic rings. The van der Waals surface area contributed by atoms with Gasteiger partial charge in [0.15, 0.2) is 5.76 Å². The van der Waals surface area contributed by atoms with Crippen LogP contribution in [-0.4, -0.2) is 61.6 Å². The summed E-state index contributed by atoms with van der Waals surface area (Å²) in [6.07, 6.45) is 0.293. The number of amides is 1. The fourth-order valence-corrected chi connectivity index (χ4v) is 3.04. The van der Waals surface area contributed by atoms with Gasteiger partial charge in [-0.2, -0.15) is 5.26 Å². The smallest absolute Gasteiger partial charge is 0.289 e. The summed E-state index contributed by atoms with van der Waals surface area (Å²) in [5, 5.41) is 10.3. The number of nitriles is 1. The Morgan fingerprint density at radius 2 is 2.08 bits per heavy atom. The summed E-state index contributed by atoms with van der Waals surface area (Å²) < 4.78 is 11.0. The molecule has 0 aliphatic carbocycles. The third kappa shape index (κ3) is 4.51. The van der Waals surface area contributed by atoms with Gasteiger partial charge in [0.1, 0.15) is 5.58 Å². The maximum atomic E-state index is 12.8.